The molecule has 0 atom stereocenters. The largest absolute Gasteiger partial charge is 0.484 e. The van der Waals surface area contributed by atoms with Gasteiger partial charge in [-0.3, -0.25) is 0 Å². The van der Waals surface area contributed by atoms with Crippen molar-refractivity contribution in [2.75, 3.05) is 6.61 Å². The second-order valence-corrected chi connectivity index (χ2v) is 3.19. The topological polar surface area (TPSA) is 9.23 Å². The molecular formula is C10H7ClF3O. The Labute approximate surface area is 90.1 Å². The van der Waals surface area contributed by atoms with Crippen molar-refractivity contribution in [2.45, 2.75) is 6.18 Å². The van der Waals surface area contributed by atoms with Gasteiger partial charge in [-0.1, -0.05) is 18.2 Å². The lowest BCUT2D eigenvalue weighted by Crippen LogP contribution is -2.19. The third kappa shape index (κ3) is 4.25. The van der Waals surface area contributed by atoms with Crippen molar-refractivity contribution in [3.8, 4) is 5.75 Å². The molecule has 0 aliphatic rings. The van der Waals surface area contributed by atoms with Gasteiger partial charge >= 0.3 is 6.18 Å². The first-order valence-electron chi connectivity index (χ1n) is 3.94. The van der Waals surface area contributed by atoms with Crippen molar-refractivity contribution in [1.29, 1.82) is 0 Å². The van der Waals surface area contributed by atoms with E-state index in [0.717, 1.165) is 0 Å². The van der Waals surface area contributed by atoms with E-state index >= 15 is 0 Å². The molecule has 0 bridgehead atoms. The molecule has 0 fully saturated rings. The molecule has 0 N–H and O–H groups in total. The molecule has 0 heterocycles. The van der Waals surface area contributed by atoms with Crippen molar-refractivity contribution in [3.05, 3.63) is 41.4 Å². The molecule has 1 radical (unpaired) electrons. The minimum absolute atomic E-state index is 0.0472. The summed E-state index contributed by atoms with van der Waals surface area (Å²) in [6, 6.07) is 4.20. The standard InChI is InChI=1S/C10H7ClF3O/c1-2-7-3-8(11)5-9(4-7)15-6-10(12,13)14/h3-5H,1,6H2. The van der Waals surface area contributed by atoms with Crippen LogP contribution in [0.1, 0.15) is 5.56 Å². The molecule has 0 aliphatic carbocycles. The summed E-state index contributed by atoms with van der Waals surface area (Å²) in [5.41, 5.74) is 0.486. The van der Waals surface area contributed by atoms with E-state index in [0.29, 0.717) is 5.56 Å². The Kier molecular flexibility index (Phi) is 3.63. The minimum atomic E-state index is -4.36. The molecule has 0 saturated heterocycles. The zero-order chi connectivity index (χ0) is 11.5. The van der Waals surface area contributed by atoms with E-state index in [1.807, 2.05) is 0 Å². The Morgan fingerprint density at radius 1 is 1.33 bits per heavy atom. The average Bonchev–Trinajstić information content (AvgIpc) is 2.13. The molecular weight excluding hydrogens is 229 g/mol. The summed E-state index contributed by atoms with van der Waals surface area (Å²) in [6.07, 6.45) is -1.85. The molecule has 15 heavy (non-hydrogen) atoms. The minimum Gasteiger partial charge on any atom is -0.484 e. The highest BCUT2D eigenvalue weighted by molar-refractivity contribution is 6.30. The van der Waals surface area contributed by atoms with Crippen LogP contribution in [0.2, 0.25) is 5.02 Å². The molecule has 0 aromatic heterocycles. The van der Waals surface area contributed by atoms with Gasteiger partial charge in [-0.15, -0.1) is 0 Å². The van der Waals surface area contributed by atoms with E-state index in [1.54, 1.807) is 0 Å². The van der Waals surface area contributed by atoms with E-state index in [2.05, 4.69) is 17.4 Å². The summed E-state index contributed by atoms with van der Waals surface area (Å²) in [6.45, 7) is 2.02. The lowest BCUT2D eigenvalue weighted by atomic mass is 10.2. The Morgan fingerprint density at radius 2 is 2.00 bits per heavy atom. The Hall–Kier alpha value is -1.16. The molecule has 0 aliphatic heterocycles. The summed E-state index contributed by atoms with van der Waals surface area (Å²) in [7, 11) is 0. The molecule has 1 nitrogen and oxygen atoms in total. The summed E-state index contributed by atoms with van der Waals surface area (Å²) >= 11 is 5.65. The predicted octanol–water partition coefficient (Wildman–Crippen LogP) is 3.62. The van der Waals surface area contributed by atoms with E-state index in [4.69, 9.17) is 11.6 Å². The quantitative estimate of drug-likeness (QED) is 0.778. The molecule has 0 saturated carbocycles. The van der Waals surface area contributed by atoms with Crippen molar-refractivity contribution < 1.29 is 17.9 Å². The van der Waals surface area contributed by atoms with Crippen LogP contribution in [0.5, 0.6) is 5.75 Å². The highest BCUT2D eigenvalue weighted by Crippen LogP contribution is 2.23. The average molecular weight is 236 g/mol. The van der Waals surface area contributed by atoms with E-state index in [-0.39, 0.29) is 10.8 Å². The first-order valence-corrected chi connectivity index (χ1v) is 4.32. The highest BCUT2D eigenvalue weighted by atomic mass is 35.5. The fourth-order valence-electron chi connectivity index (χ4n) is 0.913. The van der Waals surface area contributed by atoms with Crippen molar-refractivity contribution in [3.63, 3.8) is 0 Å². The second kappa shape index (κ2) is 4.57. The number of hydrogen-bond donors (Lipinski definition) is 0. The van der Waals surface area contributed by atoms with E-state index < -0.39 is 12.8 Å². The number of alkyl halides is 3. The van der Waals surface area contributed by atoms with Crippen LogP contribution >= 0.6 is 11.6 Å². The molecule has 0 unspecified atom stereocenters. The SMILES string of the molecule is C=[C]c1cc(Cl)cc(OCC(F)(F)F)c1. The Morgan fingerprint density at radius 3 is 2.53 bits per heavy atom. The van der Waals surface area contributed by atoms with Crippen LogP contribution < -0.4 is 4.74 Å². The molecule has 1 rings (SSSR count). The van der Waals surface area contributed by atoms with Crippen molar-refractivity contribution >= 4 is 11.6 Å². The number of rotatable bonds is 3. The zero-order valence-electron chi connectivity index (χ0n) is 7.57. The summed E-state index contributed by atoms with van der Waals surface area (Å²) in [5.74, 6) is 0.0472. The number of halogens is 4. The van der Waals surface area contributed by atoms with Crippen LogP contribution in [-0.2, 0) is 0 Å². The maximum atomic E-state index is 11.8. The molecule has 1 aromatic rings. The first kappa shape index (κ1) is 11.9. The molecule has 81 valence electrons. The van der Waals surface area contributed by atoms with Gasteiger partial charge in [0.25, 0.3) is 0 Å². The predicted molar refractivity (Wildman–Crippen MR) is 51.0 cm³/mol. The smallest absolute Gasteiger partial charge is 0.422 e. The van der Waals surface area contributed by atoms with Gasteiger partial charge in [0.2, 0.25) is 0 Å². The first-order chi connectivity index (χ1) is 6.90. The van der Waals surface area contributed by atoms with Gasteiger partial charge in [-0.25, -0.2) is 0 Å². The van der Waals surface area contributed by atoms with E-state index in [9.17, 15) is 13.2 Å². The van der Waals surface area contributed by atoms with E-state index in [1.165, 1.54) is 18.2 Å². The fourth-order valence-corrected chi connectivity index (χ4v) is 1.14. The van der Waals surface area contributed by atoms with Gasteiger partial charge in [0.15, 0.2) is 6.61 Å². The molecule has 1 aromatic carbocycles. The lowest BCUT2D eigenvalue weighted by molar-refractivity contribution is -0.153. The third-order valence-corrected chi connectivity index (χ3v) is 1.70. The van der Waals surface area contributed by atoms with Crippen LogP contribution in [0.4, 0.5) is 13.2 Å². The normalized spacial score (nSPS) is 11.2. The fraction of sp³-hybridized carbons (Fsp3) is 0.200. The van der Waals surface area contributed by atoms with Crippen LogP contribution in [-0.4, -0.2) is 12.8 Å². The maximum Gasteiger partial charge on any atom is 0.422 e. The number of benzene rings is 1. The highest BCUT2D eigenvalue weighted by Gasteiger charge is 2.28. The van der Waals surface area contributed by atoms with Gasteiger partial charge in [-0.2, -0.15) is 13.2 Å². The van der Waals surface area contributed by atoms with Gasteiger partial charge in [-0.05, 0) is 29.8 Å². The van der Waals surface area contributed by atoms with Gasteiger partial charge in [0.1, 0.15) is 5.75 Å². The van der Waals surface area contributed by atoms with Crippen LogP contribution in [0, 0.1) is 6.08 Å². The van der Waals surface area contributed by atoms with Crippen LogP contribution in [0.15, 0.2) is 24.8 Å². The van der Waals surface area contributed by atoms with Gasteiger partial charge in [0.05, 0.1) is 0 Å². The maximum absolute atomic E-state index is 11.8. The lowest BCUT2D eigenvalue weighted by Gasteiger charge is -2.09. The van der Waals surface area contributed by atoms with Gasteiger partial charge < -0.3 is 4.74 Å². The van der Waals surface area contributed by atoms with Gasteiger partial charge in [0, 0.05) is 5.02 Å². The summed E-state index contributed by atoms with van der Waals surface area (Å²) < 4.78 is 40.0. The van der Waals surface area contributed by atoms with Crippen LogP contribution in [0.3, 0.4) is 0 Å². The monoisotopic (exact) mass is 235 g/mol. The summed E-state index contributed by atoms with van der Waals surface area (Å²) in [4.78, 5) is 0. The summed E-state index contributed by atoms with van der Waals surface area (Å²) in [5, 5.41) is 0.279. The zero-order valence-corrected chi connectivity index (χ0v) is 8.32. The second-order valence-electron chi connectivity index (χ2n) is 2.76. The molecule has 5 heteroatoms. The van der Waals surface area contributed by atoms with Crippen LogP contribution in [0.25, 0.3) is 0 Å². The number of hydrogen-bond acceptors (Lipinski definition) is 1. The third-order valence-electron chi connectivity index (χ3n) is 1.48. The Bertz CT molecular complexity index is 360. The molecule has 0 spiro atoms. The Balaban J connectivity index is 2.77. The number of ether oxygens (including phenoxy) is 1. The molecule has 0 amide bonds. The van der Waals surface area contributed by atoms with Crippen molar-refractivity contribution in [1.82, 2.24) is 0 Å². The van der Waals surface area contributed by atoms with Crippen molar-refractivity contribution in [2.24, 2.45) is 0 Å².